The number of nitrogens with one attached hydrogen (secondary N) is 2. The molecule has 1 aromatic heterocycles. The van der Waals surface area contributed by atoms with Gasteiger partial charge in [-0.3, -0.25) is 4.79 Å². The van der Waals surface area contributed by atoms with Gasteiger partial charge >= 0.3 is 11.8 Å². The average Bonchev–Trinajstić information content (AvgIpc) is 2.91. The number of carbonyl (C=O) groups excluding carboxylic acids is 1. The van der Waals surface area contributed by atoms with Crippen molar-refractivity contribution in [3.8, 4) is 0 Å². The lowest BCUT2D eigenvalue weighted by Crippen LogP contribution is -2.56. The zero-order valence-corrected chi connectivity index (χ0v) is 11.6. The fourth-order valence-corrected chi connectivity index (χ4v) is 2.55. The summed E-state index contributed by atoms with van der Waals surface area (Å²) < 4.78 is 0. The molecule has 1 heterocycles. The maximum atomic E-state index is 12.1. The van der Waals surface area contributed by atoms with Crippen molar-refractivity contribution >= 4 is 17.7 Å². The summed E-state index contributed by atoms with van der Waals surface area (Å²) in [5.41, 5.74) is -1.30. The van der Waals surface area contributed by atoms with Gasteiger partial charge in [-0.1, -0.05) is 6.92 Å². The SMILES string of the molecule is CC1CCC(NC(=O)c2ccc([N+](=O)[O-])[nH]2)(C(=O)O)CC1. The molecule has 8 heteroatoms. The van der Waals surface area contributed by atoms with Crippen LogP contribution in [0.4, 0.5) is 5.82 Å². The quantitative estimate of drug-likeness (QED) is 0.575. The van der Waals surface area contributed by atoms with Crippen molar-refractivity contribution < 1.29 is 19.6 Å². The molecule has 0 saturated heterocycles. The number of aromatic amines is 1. The van der Waals surface area contributed by atoms with Gasteiger partial charge in [0.2, 0.25) is 0 Å². The summed E-state index contributed by atoms with van der Waals surface area (Å²) in [6.07, 6.45) is 2.16. The highest BCUT2D eigenvalue weighted by Crippen LogP contribution is 2.32. The molecule has 3 N–H and O–H groups in total. The molecule has 114 valence electrons. The smallest absolute Gasteiger partial charge is 0.329 e. The van der Waals surface area contributed by atoms with Crippen LogP contribution in [0.1, 0.15) is 43.1 Å². The number of hydrogen-bond donors (Lipinski definition) is 3. The van der Waals surface area contributed by atoms with Gasteiger partial charge in [-0.25, -0.2) is 9.78 Å². The third kappa shape index (κ3) is 3.04. The van der Waals surface area contributed by atoms with Crippen molar-refractivity contribution in [1.29, 1.82) is 0 Å². The second-order valence-corrected chi connectivity index (χ2v) is 5.54. The summed E-state index contributed by atoms with van der Waals surface area (Å²) in [4.78, 5) is 35.9. The van der Waals surface area contributed by atoms with Gasteiger partial charge in [0.1, 0.15) is 5.54 Å². The molecule has 0 aromatic carbocycles. The van der Waals surface area contributed by atoms with Crippen LogP contribution in [0.2, 0.25) is 0 Å². The fourth-order valence-electron chi connectivity index (χ4n) is 2.55. The van der Waals surface area contributed by atoms with E-state index >= 15 is 0 Å². The van der Waals surface area contributed by atoms with Gasteiger partial charge in [-0.05, 0) is 42.6 Å². The number of carboxylic acids is 1. The van der Waals surface area contributed by atoms with Crippen molar-refractivity contribution in [3.63, 3.8) is 0 Å². The summed E-state index contributed by atoms with van der Waals surface area (Å²) in [6.45, 7) is 2.04. The lowest BCUT2D eigenvalue weighted by molar-refractivity contribution is -0.389. The Balaban J connectivity index is 2.15. The molecular formula is C13H17N3O5. The molecule has 0 spiro atoms. The number of H-pyrrole nitrogens is 1. The van der Waals surface area contributed by atoms with Crippen molar-refractivity contribution in [2.45, 2.75) is 38.1 Å². The van der Waals surface area contributed by atoms with Gasteiger partial charge in [0.15, 0.2) is 5.69 Å². The normalized spacial score (nSPS) is 25.3. The molecule has 2 rings (SSSR count). The van der Waals surface area contributed by atoms with Crippen LogP contribution in [0.5, 0.6) is 0 Å². The highest BCUT2D eigenvalue weighted by atomic mass is 16.6. The minimum absolute atomic E-state index is 0.0130. The summed E-state index contributed by atoms with van der Waals surface area (Å²) >= 11 is 0. The highest BCUT2D eigenvalue weighted by Gasteiger charge is 2.43. The first kappa shape index (κ1) is 15.0. The Morgan fingerprint density at radius 3 is 2.52 bits per heavy atom. The van der Waals surface area contributed by atoms with Crippen LogP contribution >= 0.6 is 0 Å². The van der Waals surface area contributed by atoms with Crippen LogP contribution in [0.3, 0.4) is 0 Å². The third-order valence-corrected chi connectivity index (χ3v) is 4.00. The molecule has 0 radical (unpaired) electrons. The lowest BCUT2D eigenvalue weighted by Gasteiger charge is -2.36. The Labute approximate surface area is 120 Å². The Kier molecular flexibility index (Phi) is 3.97. The summed E-state index contributed by atoms with van der Waals surface area (Å²) in [6, 6.07) is 2.44. The van der Waals surface area contributed by atoms with Crippen LogP contribution in [-0.2, 0) is 4.79 Å². The van der Waals surface area contributed by atoms with E-state index < -0.39 is 22.3 Å². The average molecular weight is 295 g/mol. The van der Waals surface area contributed by atoms with Crippen LogP contribution in [-0.4, -0.2) is 32.4 Å². The number of rotatable bonds is 4. The fraction of sp³-hybridized carbons (Fsp3) is 0.538. The Morgan fingerprint density at radius 2 is 2.05 bits per heavy atom. The first-order valence-electron chi connectivity index (χ1n) is 6.73. The molecular weight excluding hydrogens is 278 g/mol. The Morgan fingerprint density at radius 1 is 1.43 bits per heavy atom. The minimum Gasteiger partial charge on any atom is -0.480 e. The zero-order valence-electron chi connectivity index (χ0n) is 11.6. The highest BCUT2D eigenvalue weighted by molar-refractivity contribution is 5.96. The number of nitrogens with zero attached hydrogens (tertiary/aromatic N) is 1. The van der Waals surface area contributed by atoms with E-state index in [0.717, 1.165) is 12.8 Å². The minimum atomic E-state index is -1.29. The van der Waals surface area contributed by atoms with E-state index in [4.69, 9.17) is 0 Å². The second kappa shape index (κ2) is 5.55. The molecule has 0 atom stereocenters. The number of amides is 1. The van der Waals surface area contributed by atoms with Gasteiger partial charge in [-0.15, -0.1) is 0 Å². The molecule has 0 unspecified atom stereocenters. The molecule has 0 bridgehead atoms. The summed E-state index contributed by atoms with van der Waals surface area (Å²) in [5.74, 6) is -1.58. The van der Waals surface area contributed by atoms with Gasteiger partial charge < -0.3 is 20.5 Å². The van der Waals surface area contributed by atoms with E-state index in [1.807, 2.05) is 6.92 Å². The van der Waals surface area contributed by atoms with E-state index in [0.29, 0.717) is 18.8 Å². The van der Waals surface area contributed by atoms with E-state index in [9.17, 15) is 24.8 Å². The zero-order chi connectivity index (χ0) is 15.6. The summed E-state index contributed by atoms with van der Waals surface area (Å²) in [7, 11) is 0. The van der Waals surface area contributed by atoms with E-state index in [-0.39, 0.29) is 11.5 Å². The van der Waals surface area contributed by atoms with Gasteiger partial charge in [0, 0.05) is 6.07 Å². The number of hydrogen-bond acceptors (Lipinski definition) is 4. The maximum Gasteiger partial charge on any atom is 0.329 e. The van der Waals surface area contributed by atoms with E-state index in [1.165, 1.54) is 12.1 Å². The van der Waals surface area contributed by atoms with Gasteiger partial charge in [0.25, 0.3) is 5.91 Å². The maximum absolute atomic E-state index is 12.1. The van der Waals surface area contributed by atoms with Gasteiger partial charge in [-0.2, -0.15) is 0 Å². The van der Waals surface area contributed by atoms with Gasteiger partial charge in [0.05, 0.1) is 0 Å². The number of aromatic nitrogens is 1. The Hall–Kier alpha value is -2.38. The number of aliphatic carboxylic acids is 1. The monoisotopic (exact) mass is 295 g/mol. The molecule has 1 aliphatic carbocycles. The first-order chi connectivity index (χ1) is 9.84. The van der Waals surface area contributed by atoms with Crippen LogP contribution in [0.25, 0.3) is 0 Å². The van der Waals surface area contributed by atoms with Crippen molar-refractivity contribution in [1.82, 2.24) is 10.3 Å². The first-order valence-corrected chi connectivity index (χ1v) is 6.73. The molecule has 21 heavy (non-hydrogen) atoms. The Bertz CT molecular complexity index is 572. The molecule has 1 aromatic rings. The van der Waals surface area contributed by atoms with Crippen LogP contribution in [0, 0.1) is 16.0 Å². The number of carbonyl (C=O) groups is 2. The lowest BCUT2D eigenvalue weighted by atomic mass is 9.77. The van der Waals surface area contributed by atoms with Crippen molar-refractivity contribution in [2.75, 3.05) is 0 Å². The molecule has 0 aliphatic heterocycles. The molecule has 8 nitrogen and oxygen atoms in total. The predicted octanol–water partition coefficient (Wildman–Crippen LogP) is 1.69. The van der Waals surface area contributed by atoms with Crippen molar-refractivity contribution in [2.24, 2.45) is 5.92 Å². The van der Waals surface area contributed by atoms with E-state index in [1.54, 1.807) is 0 Å². The predicted molar refractivity (Wildman–Crippen MR) is 72.9 cm³/mol. The molecule has 1 aliphatic rings. The topological polar surface area (TPSA) is 125 Å². The molecule has 1 fully saturated rings. The largest absolute Gasteiger partial charge is 0.480 e. The second-order valence-electron chi connectivity index (χ2n) is 5.54. The van der Waals surface area contributed by atoms with E-state index in [2.05, 4.69) is 10.3 Å². The van der Waals surface area contributed by atoms with Crippen molar-refractivity contribution in [3.05, 3.63) is 27.9 Å². The molecule has 1 amide bonds. The van der Waals surface area contributed by atoms with Crippen LogP contribution < -0.4 is 5.32 Å². The standard InChI is InChI=1S/C13H17N3O5/c1-8-4-6-13(7-5-8,12(18)19)15-11(17)9-2-3-10(14-9)16(20)21/h2-3,8,14H,4-7H2,1H3,(H,15,17)(H,18,19). The number of nitro groups is 1. The summed E-state index contributed by atoms with van der Waals surface area (Å²) in [5, 5.41) is 22.5. The number of carboxylic acid groups (broad SMARTS) is 1. The van der Waals surface area contributed by atoms with Crippen LogP contribution in [0.15, 0.2) is 12.1 Å². The molecule has 1 saturated carbocycles. The third-order valence-electron chi connectivity index (χ3n) is 4.00.